The third-order valence-corrected chi connectivity index (χ3v) is 6.18. The normalized spacial score (nSPS) is 26.2. The molecule has 1 heterocycles. The Bertz CT molecular complexity index is 532. The van der Waals surface area contributed by atoms with Crippen LogP contribution in [0.1, 0.15) is 46.5 Å². The van der Waals surface area contributed by atoms with Crippen molar-refractivity contribution in [3.8, 4) is 0 Å². The second kappa shape index (κ2) is 10.2. The van der Waals surface area contributed by atoms with Crippen LogP contribution in [-0.2, 0) is 4.79 Å². The van der Waals surface area contributed by atoms with Crippen LogP contribution in [0.3, 0.4) is 0 Å². The molecule has 1 aliphatic heterocycles. The van der Waals surface area contributed by atoms with E-state index in [0.29, 0.717) is 18.4 Å². The van der Waals surface area contributed by atoms with Gasteiger partial charge in [0.2, 0.25) is 0 Å². The van der Waals surface area contributed by atoms with Crippen LogP contribution in [0.5, 0.6) is 0 Å². The van der Waals surface area contributed by atoms with E-state index in [1.165, 1.54) is 0 Å². The Morgan fingerprint density at radius 1 is 1.22 bits per heavy atom. The number of fused-ring (bicyclic) bond motifs is 1. The number of nitrogens with one attached hydrogen (secondary N) is 1. The first-order chi connectivity index (χ1) is 12.9. The van der Waals surface area contributed by atoms with E-state index in [1.807, 2.05) is 7.05 Å². The van der Waals surface area contributed by atoms with E-state index in [2.05, 4.69) is 42.5 Å². The standard InChI is InChI=1S/C21H38N4O2/c1-6-9-25-15-18(13-17-14-20(26)16(4)12-19(17)25)22-21(27)23(5)10-11-24(7-2)8-3/h17-19H,4,6-15H2,1-3,5H3,(H,22,27)/t17-,18+,19-/m1/s1. The van der Waals surface area contributed by atoms with E-state index in [4.69, 9.17) is 0 Å². The minimum Gasteiger partial charge on any atom is -0.334 e. The Balaban J connectivity index is 1.92. The molecule has 0 aromatic heterocycles. The van der Waals surface area contributed by atoms with Gasteiger partial charge in [0.05, 0.1) is 0 Å². The number of nitrogens with zero attached hydrogens (tertiary/aromatic N) is 3. The Morgan fingerprint density at radius 2 is 1.93 bits per heavy atom. The van der Waals surface area contributed by atoms with Crippen molar-refractivity contribution >= 4 is 11.8 Å². The smallest absolute Gasteiger partial charge is 0.317 e. The second-order valence-corrected chi connectivity index (χ2v) is 8.09. The zero-order chi connectivity index (χ0) is 20.0. The number of ketones is 1. The highest BCUT2D eigenvalue weighted by molar-refractivity contribution is 5.95. The van der Waals surface area contributed by atoms with Gasteiger partial charge in [-0.15, -0.1) is 0 Å². The maximum atomic E-state index is 12.6. The topological polar surface area (TPSA) is 55.9 Å². The van der Waals surface area contributed by atoms with Crippen molar-refractivity contribution in [1.29, 1.82) is 0 Å². The number of likely N-dealkylation sites (N-methyl/N-ethyl adjacent to an activating group) is 2. The molecular weight excluding hydrogens is 340 g/mol. The minimum atomic E-state index is -0.00593. The van der Waals surface area contributed by atoms with Crippen molar-refractivity contribution in [3.05, 3.63) is 12.2 Å². The van der Waals surface area contributed by atoms with Crippen LogP contribution in [0.15, 0.2) is 12.2 Å². The number of hydrogen-bond donors (Lipinski definition) is 1. The van der Waals surface area contributed by atoms with E-state index in [9.17, 15) is 9.59 Å². The number of carbonyl (C=O) groups excluding carboxylic acids is 2. The molecule has 2 rings (SSSR count). The van der Waals surface area contributed by atoms with Crippen LogP contribution in [0.4, 0.5) is 4.79 Å². The zero-order valence-corrected chi connectivity index (χ0v) is 17.7. The summed E-state index contributed by atoms with van der Waals surface area (Å²) in [6.45, 7) is 15.9. The first kappa shape index (κ1) is 21.9. The van der Waals surface area contributed by atoms with Crippen molar-refractivity contribution < 1.29 is 9.59 Å². The summed E-state index contributed by atoms with van der Waals surface area (Å²) in [5, 5.41) is 3.22. The average Bonchev–Trinajstić information content (AvgIpc) is 2.64. The summed E-state index contributed by atoms with van der Waals surface area (Å²) in [5.41, 5.74) is 0.774. The quantitative estimate of drug-likeness (QED) is 0.659. The Labute approximate surface area is 164 Å². The zero-order valence-electron chi connectivity index (χ0n) is 17.7. The van der Waals surface area contributed by atoms with Gasteiger partial charge in [0.15, 0.2) is 5.78 Å². The van der Waals surface area contributed by atoms with E-state index in [0.717, 1.165) is 64.1 Å². The number of hydrogen-bond acceptors (Lipinski definition) is 4. The molecule has 27 heavy (non-hydrogen) atoms. The Kier molecular flexibility index (Phi) is 8.29. The molecule has 2 fully saturated rings. The van der Waals surface area contributed by atoms with Crippen LogP contribution < -0.4 is 5.32 Å². The fourth-order valence-corrected chi connectivity index (χ4v) is 4.44. The van der Waals surface area contributed by atoms with Crippen molar-refractivity contribution in [2.45, 2.75) is 58.5 Å². The van der Waals surface area contributed by atoms with E-state index in [1.54, 1.807) is 4.90 Å². The van der Waals surface area contributed by atoms with Gasteiger partial charge in [0.25, 0.3) is 0 Å². The molecule has 1 N–H and O–H groups in total. The Morgan fingerprint density at radius 3 is 2.56 bits per heavy atom. The summed E-state index contributed by atoms with van der Waals surface area (Å²) in [7, 11) is 1.86. The molecule has 0 radical (unpaired) electrons. The van der Waals surface area contributed by atoms with Crippen LogP contribution in [0.2, 0.25) is 0 Å². The van der Waals surface area contributed by atoms with Crippen LogP contribution in [0, 0.1) is 5.92 Å². The highest BCUT2D eigenvalue weighted by Crippen LogP contribution is 2.35. The summed E-state index contributed by atoms with van der Waals surface area (Å²) in [6, 6.07) is 0.512. The number of urea groups is 1. The fourth-order valence-electron chi connectivity index (χ4n) is 4.44. The molecule has 0 unspecified atom stereocenters. The molecule has 1 saturated heterocycles. The largest absolute Gasteiger partial charge is 0.334 e. The summed E-state index contributed by atoms with van der Waals surface area (Å²) < 4.78 is 0. The van der Waals surface area contributed by atoms with Gasteiger partial charge in [-0.1, -0.05) is 27.4 Å². The number of piperidine rings is 1. The number of rotatable bonds is 8. The fraction of sp³-hybridized carbons (Fsp3) is 0.810. The molecule has 2 aliphatic rings. The van der Waals surface area contributed by atoms with E-state index < -0.39 is 0 Å². The molecule has 2 amide bonds. The molecule has 6 nitrogen and oxygen atoms in total. The van der Waals surface area contributed by atoms with Gasteiger partial charge in [0.1, 0.15) is 0 Å². The second-order valence-electron chi connectivity index (χ2n) is 8.09. The first-order valence-electron chi connectivity index (χ1n) is 10.6. The lowest BCUT2D eigenvalue weighted by atomic mass is 9.74. The molecule has 6 heteroatoms. The van der Waals surface area contributed by atoms with Crippen molar-refractivity contribution in [3.63, 3.8) is 0 Å². The number of likely N-dealkylation sites (tertiary alicyclic amines) is 1. The third-order valence-electron chi connectivity index (χ3n) is 6.18. The maximum Gasteiger partial charge on any atom is 0.317 e. The third kappa shape index (κ3) is 5.79. The lowest BCUT2D eigenvalue weighted by molar-refractivity contribution is -0.119. The molecule has 1 aliphatic carbocycles. The van der Waals surface area contributed by atoms with Gasteiger partial charge in [0, 0.05) is 45.2 Å². The predicted octanol–water partition coefficient (Wildman–Crippen LogP) is 2.36. The predicted molar refractivity (Wildman–Crippen MR) is 110 cm³/mol. The van der Waals surface area contributed by atoms with Crippen LogP contribution >= 0.6 is 0 Å². The van der Waals surface area contributed by atoms with E-state index >= 15 is 0 Å². The lowest BCUT2D eigenvalue weighted by Crippen LogP contribution is -2.58. The van der Waals surface area contributed by atoms with Gasteiger partial charge in [-0.05, 0) is 50.4 Å². The lowest BCUT2D eigenvalue weighted by Gasteiger charge is -2.47. The van der Waals surface area contributed by atoms with Gasteiger partial charge in [-0.3, -0.25) is 9.69 Å². The monoisotopic (exact) mass is 378 g/mol. The van der Waals surface area contributed by atoms with E-state index in [-0.39, 0.29) is 17.9 Å². The molecule has 0 spiro atoms. The van der Waals surface area contributed by atoms with Crippen LogP contribution in [-0.4, -0.2) is 84.9 Å². The van der Waals surface area contributed by atoms with Crippen molar-refractivity contribution in [2.24, 2.45) is 5.92 Å². The first-order valence-corrected chi connectivity index (χ1v) is 10.6. The van der Waals surface area contributed by atoms with Gasteiger partial charge in [-0.2, -0.15) is 0 Å². The summed E-state index contributed by atoms with van der Waals surface area (Å²) in [5.74, 6) is 0.533. The molecule has 0 bridgehead atoms. The van der Waals surface area contributed by atoms with Crippen molar-refractivity contribution in [1.82, 2.24) is 20.0 Å². The number of carbonyl (C=O) groups is 2. The van der Waals surface area contributed by atoms with Crippen molar-refractivity contribution in [2.75, 3.05) is 46.3 Å². The molecule has 3 atom stereocenters. The van der Waals surface area contributed by atoms with Gasteiger partial charge in [-0.25, -0.2) is 4.79 Å². The molecule has 154 valence electrons. The molecule has 0 aromatic rings. The minimum absolute atomic E-state index is 0.00593. The highest BCUT2D eigenvalue weighted by atomic mass is 16.2. The average molecular weight is 379 g/mol. The maximum absolute atomic E-state index is 12.6. The SMILES string of the molecule is C=C1C[C@@H]2[C@@H](CC1=O)C[C@H](NC(=O)N(C)CCN(CC)CC)CN2CCC. The van der Waals surface area contributed by atoms with Gasteiger partial charge >= 0.3 is 6.03 Å². The summed E-state index contributed by atoms with van der Waals surface area (Å²) in [4.78, 5) is 31.3. The highest BCUT2D eigenvalue weighted by Gasteiger charge is 2.41. The molecule has 1 saturated carbocycles. The summed E-state index contributed by atoms with van der Waals surface area (Å²) in [6.07, 6.45) is 3.33. The molecule has 0 aromatic carbocycles. The molecular formula is C21H38N4O2. The number of amides is 2. The summed E-state index contributed by atoms with van der Waals surface area (Å²) >= 11 is 0. The number of Topliss-reactive ketones (excluding diaryl/α,β-unsaturated/α-hetero) is 1. The van der Waals surface area contributed by atoms with Crippen LogP contribution in [0.25, 0.3) is 0 Å². The van der Waals surface area contributed by atoms with Gasteiger partial charge < -0.3 is 15.1 Å². The Hall–Kier alpha value is -1.40.